The first-order valence-corrected chi connectivity index (χ1v) is 16.0. The van der Waals surface area contributed by atoms with E-state index < -0.39 is 0 Å². The number of amides is 2. The molecule has 0 saturated heterocycles. The van der Waals surface area contributed by atoms with Crippen LogP contribution in [0.3, 0.4) is 0 Å². The van der Waals surface area contributed by atoms with Crippen LogP contribution in [0.4, 0.5) is 0 Å². The van der Waals surface area contributed by atoms with E-state index in [-0.39, 0.29) is 17.9 Å². The van der Waals surface area contributed by atoms with Crippen molar-refractivity contribution in [1.82, 2.24) is 15.0 Å². The van der Waals surface area contributed by atoms with Crippen molar-refractivity contribution in [3.8, 4) is 16.9 Å². The normalized spacial score (nSPS) is 17.5. The number of rotatable bonds is 3. The van der Waals surface area contributed by atoms with Crippen molar-refractivity contribution < 1.29 is 23.6 Å². The maximum atomic E-state index is 14.2. The van der Waals surface area contributed by atoms with Crippen LogP contribution in [0.1, 0.15) is 80.1 Å². The zero-order valence-electron chi connectivity index (χ0n) is 26.0. The monoisotopic (exact) mass is 605 g/mol. The van der Waals surface area contributed by atoms with E-state index in [0.717, 1.165) is 76.3 Å². The lowest BCUT2D eigenvalue weighted by atomic mass is 9.96. The molecule has 232 valence electrons. The Morgan fingerprint density at radius 3 is 2.51 bits per heavy atom. The van der Waals surface area contributed by atoms with Crippen molar-refractivity contribution in [1.29, 1.82) is 0 Å². The van der Waals surface area contributed by atoms with Gasteiger partial charge in [-0.3, -0.25) is 9.59 Å². The number of fused-ring (bicyclic) bond motifs is 4. The Morgan fingerprint density at radius 1 is 0.867 bits per heavy atom. The number of benzene rings is 3. The molecule has 3 aliphatic rings. The standard InChI is InChI=1S/C37H39N3O5/c1-24-34(25(2)45-38-24)28-13-14-33-30(21-28)20-26-7-5-8-27(19-26)22-39(15-16-43-17-18-44-33)36(41)32-12-6-9-29-23-40(37(42)35(29)32)31-10-3-4-11-31/h5-9,12-14,19,21,31H,3-4,10-11,15-18,20,22-23H2,1-2H3. The molecule has 0 radical (unpaired) electrons. The minimum absolute atomic E-state index is 0.00652. The minimum Gasteiger partial charge on any atom is -0.491 e. The molecule has 8 nitrogen and oxygen atoms in total. The zero-order valence-corrected chi connectivity index (χ0v) is 26.0. The van der Waals surface area contributed by atoms with Crippen LogP contribution in [-0.2, 0) is 24.2 Å². The molecule has 1 aliphatic carbocycles. The van der Waals surface area contributed by atoms with Crippen LogP contribution in [-0.4, -0.2) is 59.2 Å². The highest BCUT2D eigenvalue weighted by atomic mass is 16.5. The number of aromatic nitrogens is 1. The Morgan fingerprint density at radius 2 is 1.69 bits per heavy atom. The fraction of sp³-hybridized carbons (Fsp3) is 0.378. The molecule has 4 aromatic rings. The Kier molecular flexibility index (Phi) is 8.15. The molecule has 7 rings (SSSR count). The lowest BCUT2D eigenvalue weighted by Crippen LogP contribution is -2.36. The third kappa shape index (κ3) is 5.87. The molecule has 3 aromatic carbocycles. The number of nitrogens with zero attached hydrogens (tertiary/aromatic N) is 3. The number of hydrogen-bond donors (Lipinski definition) is 0. The first-order chi connectivity index (χ1) is 22.0. The van der Waals surface area contributed by atoms with Crippen molar-refractivity contribution in [2.24, 2.45) is 0 Å². The summed E-state index contributed by atoms with van der Waals surface area (Å²) in [7, 11) is 0. The summed E-state index contributed by atoms with van der Waals surface area (Å²) < 4.78 is 17.6. The van der Waals surface area contributed by atoms with E-state index in [1.54, 1.807) is 6.07 Å². The SMILES string of the molecule is Cc1noc(C)c1-c1ccc2c(c1)Cc1cccc(c1)CN(C(=O)c1cccc3c1C(=O)N(C1CCCC1)C3)CCOCCO2. The van der Waals surface area contributed by atoms with Crippen LogP contribution in [0.5, 0.6) is 5.75 Å². The van der Waals surface area contributed by atoms with E-state index in [4.69, 9.17) is 14.0 Å². The molecular formula is C37H39N3O5. The smallest absolute Gasteiger partial charge is 0.255 e. The Bertz CT molecular complexity index is 1720. The van der Waals surface area contributed by atoms with Gasteiger partial charge in [0.15, 0.2) is 0 Å². The van der Waals surface area contributed by atoms with Crippen LogP contribution in [0.15, 0.2) is 65.2 Å². The molecule has 1 aromatic heterocycles. The van der Waals surface area contributed by atoms with Crippen molar-refractivity contribution in [3.63, 3.8) is 0 Å². The molecule has 2 aliphatic heterocycles. The molecule has 1 saturated carbocycles. The summed E-state index contributed by atoms with van der Waals surface area (Å²) in [6, 6.07) is 20.5. The molecule has 2 amide bonds. The highest BCUT2D eigenvalue weighted by molar-refractivity contribution is 6.09. The molecule has 0 atom stereocenters. The van der Waals surface area contributed by atoms with E-state index in [1.165, 1.54) is 0 Å². The summed E-state index contributed by atoms with van der Waals surface area (Å²) in [6.45, 7) is 6.45. The van der Waals surface area contributed by atoms with Gasteiger partial charge in [-0.05, 0) is 72.7 Å². The lowest BCUT2D eigenvalue weighted by molar-refractivity contribution is 0.0565. The van der Waals surface area contributed by atoms with Crippen molar-refractivity contribution in [3.05, 3.63) is 105 Å². The number of carbonyl (C=O) groups is 2. The molecule has 45 heavy (non-hydrogen) atoms. The van der Waals surface area contributed by atoms with Gasteiger partial charge in [0.05, 0.1) is 30.0 Å². The van der Waals surface area contributed by atoms with Crippen LogP contribution in [0.25, 0.3) is 11.1 Å². The first kappa shape index (κ1) is 29.3. The molecule has 3 heterocycles. The maximum absolute atomic E-state index is 14.2. The lowest BCUT2D eigenvalue weighted by Gasteiger charge is -2.25. The van der Waals surface area contributed by atoms with Gasteiger partial charge in [-0.2, -0.15) is 0 Å². The number of aryl methyl sites for hydroxylation is 2. The number of ether oxygens (including phenoxy) is 2. The topological polar surface area (TPSA) is 85.1 Å². The van der Waals surface area contributed by atoms with Gasteiger partial charge in [0.25, 0.3) is 11.8 Å². The zero-order chi connectivity index (χ0) is 30.9. The molecular weight excluding hydrogens is 566 g/mol. The molecule has 2 bridgehead atoms. The molecule has 8 heteroatoms. The first-order valence-electron chi connectivity index (χ1n) is 16.0. The fourth-order valence-corrected chi connectivity index (χ4v) is 7.17. The summed E-state index contributed by atoms with van der Waals surface area (Å²) in [5, 5.41) is 4.14. The molecule has 1 fully saturated rings. The maximum Gasteiger partial charge on any atom is 0.255 e. The third-order valence-electron chi connectivity index (χ3n) is 9.38. The summed E-state index contributed by atoms with van der Waals surface area (Å²) in [4.78, 5) is 31.7. The van der Waals surface area contributed by atoms with Gasteiger partial charge < -0.3 is 23.8 Å². The predicted octanol–water partition coefficient (Wildman–Crippen LogP) is 6.50. The van der Waals surface area contributed by atoms with E-state index in [1.807, 2.05) is 54.0 Å². The van der Waals surface area contributed by atoms with E-state index in [9.17, 15) is 9.59 Å². The largest absolute Gasteiger partial charge is 0.491 e. The average molecular weight is 606 g/mol. The molecule has 0 unspecified atom stereocenters. The number of carbonyl (C=O) groups excluding carboxylic acids is 2. The van der Waals surface area contributed by atoms with Gasteiger partial charge >= 0.3 is 0 Å². The van der Waals surface area contributed by atoms with Crippen molar-refractivity contribution >= 4 is 11.8 Å². The second-order valence-corrected chi connectivity index (χ2v) is 12.4. The summed E-state index contributed by atoms with van der Waals surface area (Å²) in [5.41, 5.74) is 8.10. The van der Waals surface area contributed by atoms with Crippen LogP contribution in [0, 0.1) is 13.8 Å². The van der Waals surface area contributed by atoms with E-state index >= 15 is 0 Å². The third-order valence-corrected chi connectivity index (χ3v) is 9.38. The second-order valence-electron chi connectivity index (χ2n) is 12.4. The second kappa shape index (κ2) is 12.5. The van der Waals surface area contributed by atoms with Gasteiger partial charge in [-0.25, -0.2) is 0 Å². The fourth-order valence-electron chi connectivity index (χ4n) is 7.17. The predicted molar refractivity (Wildman–Crippen MR) is 170 cm³/mol. The van der Waals surface area contributed by atoms with Gasteiger partial charge in [-0.15, -0.1) is 0 Å². The quantitative estimate of drug-likeness (QED) is 0.265. The molecule has 0 N–H and O–H groups in total. The highest BCUT2D eigenvalue weighted by Gasteiger charge is 2.37. The van der Waals surface area contributed by atoms with Crippen molar-refractivity contribution in [2.45, 2.75) is 65.1 Å². The van der Waals surface area contributed by atoms with Gasteiger partial charge in [0, 0.05) is 37.7 Å². The highest BCUT2D eigenvalue weighted by Crippen LogP contribution is 2.35. The Balaban J connectivity index is 1.17. The van der Waals surface area contributed by atoms with Gasteiger partial charge in [-0.1, -0.05) is 60.5 Å². The van der Waals surface area contributed by atoms with Gasteiger partial charge in [0.2, 0.25) is 0 Å². The van der Waals surface area contributed by atoms with E-state index in [0.29, 0.717) is 57.0 Å². The van der Waals surface area contributed by atoms with Crippen LogP contribution >= 0.6 is 0 Å². The summed E-state index contributed by atoms with van der Waals surface area (Å²) in [6.07, 6.45) is 5.05. The number of hydrogen-bond acceptors (Lipinski definition) is 6. The Hall–Kier alpha value is -4.43. The van der Waals surface area contributed by atoms with Gasteiger partial charge in [0.1, 0.15) is 18.1 Å². The minimum atomic E-state index is -0.139. The summed E-state index contributed by atoms with van der Waals surface area (Å²) >= 11 is 0. The van der Waals surface area contributed by atoms with Crippen LogP contribution < -0.4 is 4.74 Å². The average Bonchev–Trinajstić information content (AvgIpc) is 3.77. The van der Waals surface area contributed by atoms with E-state index in [2.05, 4.69) is 29.4 Å². The van der Waals surface area contributed by atoms with Crippen LogP contribution in [0.2, 0.25) is 0 Å². The Labute approximate surface area is 263 Å². The van der Waals surface area contributed by atoms with Crippen molar-refractivity contribution in [2.75, 3.05) is 26.4 Å². The summed E-state index contributed by atoms with van der Waals surface area (Å²) in [5.74, 6) is 1.46. The molecule has 0 spiro atoms.